The lowest BCUT2D eigenvalue weighted by Gasteiger charge is -2.05. The van der Waals surface area contributed by atoms with Crippen LogP contribution >= 0.6 is 11.3 Å². The maximum atomic E-state index is 10.5. The Labute approximate surface area is 82.8 Å². The van der Waals surface area contributed by atoms with E-state index in [0.717, 1.165) is 17.1 Å². The minimum atomic E-state index is 0.869. The van der Waals surface area contributed by atoms with Gasteiger partial charge >= 0.3 is 0 Å². The van der Waals surface area contributed by atoms with Crippen molar-refractivity contribution in [3.05, 3.63) is 21.9 Å². The minimum Gasteiger partial charge on any atom is -0.297 e. The third-order valence-electron chi connectivity index (χ3n) is 2.79. The Morgan fingerprint density at radius 3 is 2.85 bits per heavy atom. The van der Waals surface area contributed by atoms with Gasteiger partial charge in [0.2, 0.25) is 0 Å². The quantitative estimate of drug-likeness (QED) is 0.675. The van der Waals surface area contributed by atoms with E-state index in [0.29, 0.717) is 0 Å². The first-order valence-corrected chi connectivity index (χ1v) is 5.79. The first kappa shape index (κ1) is 8.95. The van der Waals surface area contributed by atoms with Crippen LogP contribution in [0.2, 0.25) is 0 Å². The molecule has 0 bridgehead atoms. The van der Waals surface area contributed by atoms with Crippen LogP contribution in [0.25, 0.3) is 0 Å². The summed E-state index contributed by atoms with van der Waals surface area (Å²) < 4.78 is 0. The van der Waals surface area contributed by atoms with Crippen LogP contribution in [-0.2, 0) is 6.42 Å². The predicted molar refractivity (Wildman–Crippen MR) is 55.4 cm³/mol. The summed E-state index contributed by atoms with van der Waals surface area (Å²) in [6, 6.07) is 2.04. The van der Waals surface area contributed by atoms with E-state index in [1.165, 1.54) is 37.7 Å². The fourth-order valence-electron chi connectivity index (χ4n) is 2.11. The molecule has 1 aliphatic rings. The Bertz CT molecular complexity index is 284. The average molecular weight is 194 g/mol. The Morgan fingerprint density at radius 2 is 2.23 bits per heavy atom. The molecule has 13 heavy (non-hydrogen) atoms. The Morgan fingerprint density at radius 1 is 1.46 bits per heavy atom. The lowest BCUT2D eigenvalue weighted by Crippen LogP contribution is -1.96. The number of hydrogen-bond donors (Lipinski definition) is 0. The van der Waals surface area contributed by atoms with Crippen molar-refractivity contribution >= 4 is 17.6 Å². The predicted octanol–water partition coefficient (Wildman–Crippen LogP) is 3.29. The summed E-state index contributed by atoms with van der Waals surface area (Å²) in [6.07, 6.45) is 7.69. The van der Waals surface area contributed by atoms with Crippen LogP contribution in [0.3, 0.4) is 0 Å². The van der Waals surface area contributed by atoms with Gasteiger partial charge in [0.05, 0.1) is 4.88 Å². The molecule has 1 saturated carbocycles. The highest BCUT2D eigenvalue weighted by atomic mass is 32.1. The summed E-state index contributed by atoms with van der Waals surface area (Å²) in [7, 11) is 0. The van der Waals surface area contributed by atoms with Crippen LogP contribution in [0.5, 0.6) is 0 Å². The van der Waals surface area contributed by atoms with E-state index in [2.05, 4.69) is 5.38 Å². The van der Waals surface area contributed by atoms with E-state index in [9.17, 15) is 4.79 Å². The van der Waals surface area contributed by atoms with Crippen molar-refractivity contribution in [3.8, 4) is 0 Å². The molecule has 1 heterocycles. The van der Waals surface area contributed by atoms with Gasteiger partial charge in [-0.3, -0.25) is 4.79 Å². The van der Waals surface area contributed by atoms with Gasteiger partial charge in [0.25, 0.3) is 0 Å². The van der Waals surface area contributed by atoms with Gasteiger partial charge in [-0.15, -0.1) is 11.3 Å². The van der Waals surface area contributed by atoms with Crippen LogP contribution in [0.1, 0.15) is 40.9 Å². The Hall–Kier alpha value is -0.630. The minimum absolute atomic E-state index is 0.869. The zero-order valence-electron chi connectivity index (χ0n) is 7.66. The molecule has 0 radical (unpaired) electrons. The van der Waals surface area contributed by atoms with Gasteiger partial charge in [0, 0.05) is 0 Å². The molecule has 0 amide bonds. The summed E-state index contributed by atoms with van der Waals surface area (Å²) >= 11 is 1.56. The topological polar surface area (TPSA) is 17.1 Å². The third-order valence-corrected chi connectivity index (χ3v) is 3.70. The molecule has 1 fully saturated rings. The summed E-state index contributed by atoms with van der Waals surface area (Å²) in [6.45, 7) is 0. The van der Waals surface area contributed by atoms with Crippen LogP contribution in [0, 0.1) is 5.92 Å². The molecule has 1 aromatic heterocycles. The van der Waals surface area contributed by atoms with Crippen molar-refractivity contribution in [3.63, 3.8) is 0 Å². The molecule has 0 aromatic carbocycles. The molecular formula is C11H14OS. The maximum absolute atomic E-state index is 10.5. The number of rotatable bonds is 3. The van der Waals surface area contributed by atoms with Gasteiger partial charge in [-0.1, -0.05) is 25.7 Å². The molecule has 0 aliphatic heterocycles. The van der Waals surface area contributed by atoms with Crippen LogP contribution in [-0.4, -0.2) is 6.29 Å². The fourth-order valence-corrected chi connectivity index (χ4v) is 2.84. The number of carbonyl (C=O) groups is 1. The molecule has 0 N–H and O–H groups in total. The van der Waals surface area contributed by atoms with Crippen molar-refractivity contribution in [2.75, 3.05) is 0 Å². The molecule has 0 atom stereocenters. The third kappa shape index (κ3) is 2.19. The second-order valence-electron chi connectivity index (χ2n) is 3.83. The van der Waals surface area contributed by atoms with Crippen LogP contribution < -0.4 is 0 Å². The highest BCUT2D eigenvalue weighted by molar-refractivity contribution is 7.11. The van der Waals surface area contributed by atoms with Gasteiger partial charge in [-0.25, -0.2) is 0 Å². The lowest BCUT2D eigenvalue weighted by molar-refractivity contribution is 0.112. The Balaban J connectivity index is 1.96. The molecule has 0 saturated heterocycles. The smallest absolute Gasteiger partial charge is 0.160 e. The molecule has 2 rings (SSSR count). The van der Waals surface area contributed by atoms with E-state index in [-0.39, 0.29) is 0 Å². The SMILES string of the molecule is O=Cc1cc(CC2CCCC2)cs1. The molecule has 0 spiro atoms. The monoisotopic (exact) mass is 194 g/mol. The summed E-state index contributed by atoms with van der Waals surface area (Å²) in [5.41, 5.74) is 1.36. The van der Waals surface area contributed by atoms with Crippen LogP contribution in [0.15, 0.2) is 11.4 Å². The number of thiophene rings is 1. The molecular weight excluding hydrogens is 180 g/mol. The van der Waals surface area contributed by atoms with Crippen molar-refractivity contribution in [1.29, 1.82) is 0 Å². The Kier molecular flexibility index (Phi) is 2.79. The first-order valence-electron chi connectivity index (χ1n) is 4.91. The highest BCUT2D eigenvalue weighted by Gasteiger charge is 2.15. The van der Waals surface area contributed by atoms with Crippen molar-refractivity contribution in [1.82, 2.24) is 0 Å². The number of hydrogen-bond acceptors (Lipinski definition) is 2. The zero-order valence-corrected chi connectivity index (χ0v) is 8.48. The van der Waals surface area contributed by atoms with Crippen molar-refractivity contribution in [2.24, 2.45) is 5.92 Å². The second kappa shape index (κ2) is 4.05. The van der Waals surface area contributed by atoms with E-state index in [1.54, 1.807) is 11.3 Å². The lowest BCUT2D eigenvalue weighted by atomic mass is 10.00. The van der Waals surface area contributed by atoms with E-state index >= 15 is 0 Å². The summed E-state index contributed by atoms with van der Waals surface area (Å²) in [5, 5.41) is 2.13. The van der Waals surface area contributed by atoms with Crippen molar-refractivity contribution in [2.45, 2.75) is 32.1 Å². The first-order chi connectivity index (χ1) is 6.38. The van der Waals surface area contributed by atoms with Gasteiger partial charge < -0.3 is 0 Å². The molecule has 1 aliphatic carbocycles. The largest absolute Gasteiger partial charge is 0.297 e. The fraction of sp³-hybridized carbons (Fsp3) is 0.545. The highest BCUT2D eigenvalue weighted by Crippen LogP contribution is 2.29. The summed E-state index contributed by atoms with van der Waals surface area (Å²) in [4.78, 5) is 11.3. The van der Waals surface area contributed by atoms with Gasteiger partial charge in [0.15, 0.2) is 6.29 Å². The van der Waals surface area contributed by atoms with E-state index in [4.69, 9.17) is 0 Å². The number of aldehydes is 1. The average Bonchev–Trinajstić information content (AvgIpc) is 2.76. The molecule has 2 heteroatoms. The van der Waals surface area contributed by atoms with Gasteiger partial charge in [-0.2, -0.15) is 0 Å². The molecule has 70 valence electrons. The van der Waals surface area contributed by atoms with Crippen molar-refractivity contribution < 1.29 is 4.79 Å². The van der Waals surface area contributed by atoms with E-state index < -0.39 is 0 Å². The summed E-state index contributed by atoms with van der Waals surface area (Å²) in [5.74, 6) is 0.883. The normalized spacial score (nSPS) is 17.8. The van der Waals surface area contributed by atoms with Crippen LogP contribution in [0.4, 0.5) is 0 Å². The molecule has 0 unspecified atom stereocenters. The van der Waals surface area contributed by atoms with Gasteiger partial charge in [-0.05, 0) is 29.3 Å². The second-order valence-corrected chi connectivity index (χ2v) is 4.77. The standard InChI is InChI=1S/C11H14OS/c12-7-11-6-10(8-13-11)5-9-3-1-2-4-9/h6-9H,1-5H2. The maximum Gasteiger partial charge on any atom is 0.160 e. The number of carbonyl (C=O) groups excluding carboxylic acids is 1. The van der Waals surface area contributed by atoms with Gasteiger partial charge in [0.1, 0.15) is 0 Å². The van der Waals surface area contributed by atoms with E-state index in [1.807, 2.05) is 6.07 Å². The zero-order chi connectivity index (χ0) is 9.10. The molecule has 1 aromatic rings. The molecule has 1 nitrogen and oxygen atoms in total.